The SMILES string of the molecule is O=C(NC1CCOC1)N[C@@H](CO)Cc1ccccc1. The molecule has 0 radical (unpaired) electrons. The van der Waals surface area contributed by atoms with Crippen LogP contribution in [0.3, 0.4) is 0 Å². The highest BCUT2D eigenvalue weighted by Gasteiger charge is 2.19. The van der Waals surface area contributed by atoms with Gasteiger partial charge >= 0.3 is 6.03 Å². The lowest BCUT2D eigenvalue weighted by atomic mass is 10.1. The van der Waals surface area contributed by atoms with E-state index in [0.29, 0.717) is 19.6 Å². The Hall–Kier alpha value is -1.59. The number of ether oxygens (including phenoxy) is 1. The summed E-state index contributed by atoms with van der Waals surface area (Å²) in [5, 5.41) is 15.0. The summed E-state index contributed by atoms with van der Waals surface area (Å²) in [5.74, 6) is 0. The van der Waals surface area contributed by atoms with Gasteiger partial charge in [0.2, 0.25) is 0 Å². The summed E-state index contributed by atoms with van der Waals surface area (Å²) in [6, 6.07) is 9.35. The molecule has 0 spiro atoms. The molecule has 1 fully saturated rings. The first kappa shape index (κ1) is 13.8. The Bertz CT molecular complexity index is 391. The second-order valence-electron chi connectivity index (χ2n) is 4.75. The van der Waals surface area contributed by atoms with E-state index >= 15 is 0 Å². The monoisotopic (exact) mass is 264 g/mol. The van der Waals surface area contributed by atoms with Gasteiger partial charge in [0, 0.05) is 6.61 Å². The first-order valence-electron chi connectivity index (χ1n) is 6.57. The van der Waals surface area contributed by atoms with E-state index in [0.717, 1.165) is 12.0 Å². The predicted octanol–water partition coefficient (Wildman–Crippen LogP) is 0.678. The second kappa shape index (κ2) is 7.11. The van der Waals surface area contributed by atoms with Gasteiger partial charge in [0.15, 0.2) is 0 Å². The number of carbonyl (C=O) groups excluding carboxylic acids is 1. The van der Waals surface area contributed by atoms with Crippen molar-refractivity contribution < 1.29 is 14.6 Å². The Balaban J connectivity index is 1.79. The molecule has 3 N–H and O–H groups in total. The first-order chi connectivity index (χ1) is 9.28. The van der Waals surface area contributed by atoms with Gasteiger partial charge in [0.05, 0.1) is 25.3 Å². The van der Waals surface area contributed by atoms with Crippen LogP contribution in [0.15, 0.2) is 30.3 Å². The van der Waals surface area contributed by atoms with Crippen LogP contribution in [-0.4, -0.2) is 43.0 Å². The lowest BCUT2D eigenvalue weighted by molar-refractivity contribution is 0.186. The topological polar surface area (TPSA) is 70.6 Å². The van der Waals surface area contributed by atoms with Crippen LogP contribution in [-0.2, 0) is 11.2 Å². The molecule has 1 unspecified atom stereocenters. The first-order valence-corrected chi connectivity index (χ1v) is 6.57. The Kier molecular flexibility index (Phi) is 5.18. The fraction of sp³-hybridized carbons (Fsp3) is 0.500. The average molecular weight is 264 g/mol. The summed E-state index contributed by atoms with van der Waals surface area (Å²) < 4.78 is 5.19. The Labute approximate surface area is 113 Å². The van der Waals surface area contributed by atoms with Crippen LogP contribution in [0.4, 0.5) is 4.79 Å². The molecule has 0 aromatic heterocycles. The molecule has 1 aliphatic rings. The summed E-state index contributed by atoms with van der Waals surface area (Å²) in [5.41, 5.74) is 1.09. The van der Waals surface area contributed by atoms with Gasteiger partial charge in [-0.2, -0.15) is 0 Å². The number of nitrogens with one attached hydrogen (secondary N) is 2. The van der Waals surface area contributed by atoms with Gasteiger partial charge in [-0.05, 0) is 18.4 Å². The third kappa shape index (κ3) is 4.54. The van der Waals surface area contributed by atoms with E-state index in [9.17, 15) is 9.90 Å². The van der Waals surface area contributed by atoms with Crippen molar-refractivity contribution in [2.24, 2.45) is 0 Å². The van der Waals surface area contributed by atoms with Crippen LogP contribution < -0.4 is 10.6 Å². The van der Waals surface area contributed by atoms with Gasteiger partial charge in [-0.15, -0.1) is 0 Å². The van der Waals surface area contributed by atoms with Crippen LogP contribution in [0.2, 0.25) is 0 Å². The molecule has 0 aliphatic carbocycles. The minimum atomic E-state index is -0.273. The van der Waals surface area contributed by atoms with Crippen LogP contribution >= 0.6 is 0 Å². The van der Waals surface area contributed by atoms with Crippen molar-refractivity contribution in [1.29, 1.82) is 0 Å². The largest absolute Gasteiger partial charge is 0.394 e. The molecule has 1 heterocycles. The minimum absolute atomic E-state index is 0.0797. The number of aliphatic hydroxyl groups is 1. The molecule has 5 nitrogen and oxygen atoms in total. The highest BCUT2D eigenvalue weighted by Crippen LogP contribution is 2.04. The molecule has 1 aliphatic heterocycles. The third-order valence-corrected chi connectivity index (χ3v) is 3.15. The van der Waals surface area contributed by atoms with E-state index in [1.807, 2.05) is 30.3 Å². The Morgan fingerprint density at radius 2 is 2.21 bits per heavy atom. The molecule has 1 aromatic carbocycles. The predicted molar refractivity (Wildman–Crippen MR) is 71.9 cm³/mol. The molecule has 19 heavy (non-hydrogen) atoms. The molecular formula is C14H20N2O3. The lowest BCUT2D eigenvalue weighted by Crippen LogP contribution is -2.48. The van der Waals surface area contributed by atoms with E-state index in [1.54, 1.807) is 0 Å². The quantitative estimate of drug-likeness (QED) is 0.732. The minimum Gasteiger partial charge on any atom is -0.394 e. The van der Waals surface area contributed by atoms with Crippen molar-refractivity contribution in [1.82, 2.24) is 10.6 Å². The van der Waals surface area contributed by atoms with Crippen LogP contribution in [0.1, 0.15) is 12.0 Å². The normalized spacial score (nSPS) is 19.9. The summed E-state index contributed by atoms with van der Waals surface area (Å²) in [6.45, 7) is 1.18. The van der Waals surface area contributed by atoms with Gasteiger partial charge in [-0.1, -0.05) is 30.3 Å². The zero-order chi connectivity index (χ0) is 13.5. The third-order valence-electron chi connectivity index (χ3n) is 3.15. The standard InChI is InChI=1S/C14H20N2O3/c17-9-13(8-11-4-2-1-3-5-11)16-14(18)15-12-6-7-19-10-12/h1-5,12-13,17H,6-10H2,(H2,15,16,18)/t12?,13-/m1/s1. The molecule has 0 bridgehead atoms. The van der Waals surface area contributed by atoms with Gasteiger partial charge < -0.3 is 20.5 Å². The summed E-state index contributed by atoms with van der Waals surface area (Å²) in [7, 11) is 0. The number of hydrogen-bond acceptors (Lipinski definition) is 3. The number of amides is 2. The van der Waals surface area contributed by atoms with Crippen molar-refractivity contribution in [2.75, 3.05) is 19.8 Å². The van der Waals surface area contributed by atoms with Crippen LogP contribution in [0, 0.1) is 0 Å². The number of urea groups is 1. The molecule has 0 saturated carbocycles. The van der Waals surface area contributed by atoms with E-state index in [-0.39, 0.29) is 24.7 Å². The molecule has 5 heteroatoms. The number of aliphatic hydroxyl groups excluding tert-OH is 1. The maximum atomic E-state index is 11.8. The lowest BCUT2D eigenvalue weighted by Gasteiger charge is -2.18. The van der Waals surface area contributed by atoms with Crippen molar-refractivity contribution in [3.05, 3.63) is 35.9 Å². The zero-order valence-electron chi connectivity index (χ0n) is 10.8. The highest BCUT2D eigenvalue weighted by atomic mass is 16.5. The molecule has 2 rings (SSSR count). The van der Waals surface area contributed by atoms with Gasteiger partial charge in [0.1, 0.15) is 0 Å². The molecule has 2 amide bonds. The molecule has 1 aromatic rings. The van der Waals surface area contributed by atoms with E-state index in [2.05, 4.69) is 10.6 Å². The number of rotatable bonds is 5. The molecule has 1 saturated heterocycles. The number of benzene rings is 1. The number of carbonyl (C=O) groups is 1. The van der Waals surface area contributed by atoms with Crippen LogP contribution in [0.25, 0.3) is 0 Å². The van der Waals surface area contributed by atoms with Gasteiger partial charge in [-0.25, -0.2) is 4.79 Å². The molecule has 104 valence electrons. The van der Waals surface area contributed by atoms with Crippen molar-refractivity contribution in [3.63, 3.8) is 0 Å². The fourth-order valence-corrected chi connectivity index (χ4v) is 2.12. The van der Waals surface area contributed by atoms with E-state index < -0.39 is 0 Å². The van der Waals surface area contributed by atoms with Gasteiger partial charge in [-0.3, -0.25) is 0 Å². The van der Waals surface area contributed by atoms with Gasteiger partial charge in [0.25, 0.3) is 0 Å². The summed E-state index contributed by atoms with van der Waals surface area (Å²) in [4.78, 5) is 11.8. The second-order valence-corrected chi connectivity index (χ2v) is 4.75. The van der Waals surface area contributed by atoms with Crippen molar-refractivity contribution >= 4 is 6.03 Å². The van der Waals surface area contributed by atoms with E-state index in [4.69, 9.17) is 4.74 Å². The van der Waals surface area contributed by atoms with Crippen molar-refractivity contribution in [3.8, 4) is 0 Å². The maximum Gasteiger partial charge on any atom is 0.315 e. The molecule has 2 atom stereocenters. The van der Waals surface area contributed by atoms with Crippen LogP contribution in [0.5, 0.6) is 0 Å². The highest BCUT2D eigenvalue weighted by molar-refractivity contribution is 5.74. The smallest absolute Gasteiger partial charge is 0.315 e. The fourth-order valence-electron chi connectivity index (χ4n) is 2.12. The zero-order valence-corrected chi connectivity index (χ0v) is 10.8. The maximum absolute atomic E-state index is 11.8. The Morgan fingerprint density at radius 1 is 1.42 bits per heavy atom. The van der Waals surface area contributed by atoms with E-state index in [1.165, 1.54) is 0 Å². The average Bonchev–Trinajstić information content (AvgIpc) is 2.92. The number of hydrogen-bond donors (Lipinski definition) is 3. The summed E-state index contributed by atoms with van der Waals surface area (Å²) in [6.07, 6.45) is 1.46. The summed E-state index contributed by atoms with van der Waals surface area (Å²) >= 11 is 0. The Morgan fingerprint density at radius 3 is 2.84 bits per heavy atom. The molecular weight excluding hydrogens is 244 g/mol. The van der Waals surface area contributed by atoms with Crippen molar-refractivity contribution in [2.45, 2.75) is 24.9 Å².